The van der Waals surface area contributed by atoms with E-state index in [0.717, 1.165) is 32.2 Å². The molecule has 17 heavy (non-hydrogen) atoms. The van der Waals surface area contributed by atoms with Gasteiger partial charge in [0, 0.05) is 18.6 Å². The summed E-state index contributed by atoms with van der Waals surface area (Å²) in [6, 6.07) is 0.552. The Hall–Kier alpha value is -0.770. The first kappa shape index (κ1) is 12.7. The Labute approximate surface area is 103 Å². The molecule has 1 aliphatic heterocycles. The van der Waals surface area contributed by atoms with Crippen LogP contribution >= 0.6 is 0 Å². The first-order valence-electron chi connectivity index (χ1n) is 6.60. The molecular formula is C13H24N2O2. The summed E-state index contributed by atoms with van der Waals surface area (Å²) in [4.78, 5) is 14.0. The summed E-state index contributed by atoms with van der Waals surface area (Å²) in [6.07, 6.45) is 4.06. The molecule has 0 aromatic carbocycles. The molecular weight excluding hydrogens is 216 g/mol. The Bertz CT molecular complexity index is 296. The second kappa shape index (κ2) is 4.48. The summed E-state index contributed by atoms with van der Waals surface area (Å²) in [5, 5.41) is 0. The van der Waals surface area contributed by atoms with Crippen molar-refractivity contribution in [3.63, 3.8) is 0 Å². The van der Waals surface area contributed by atoms with Crippen LogP contribution in [0.15, 0.2) is 0 Å². The van der Waals surface area contributed by atoms with Crippen LogP contribution in [0.25, 0.3) is 0 Å². The highest BCUT2D eigenvalue weighted by molar-refractivity contribution is 5.68. The van der Waals surface area contributed by atoms with Gasteiger partial charge in [-0.2, -0.15) is 0 Å². The van der Waals surface area contributed by atoms with Crippen LogP contribution in [0.1, 0.15) is 46.5 Å². The summed E-state index contributed by atoms with van der Waals surface area (Å²) < 4.78 is 5.45. The first-order chi connectivity index (χ1) is 7.85. The number of rotatable bonds is 0. The quantitative estimate of drug-likeness (QED) is 0.705. The van der Waals surface area contributed by atoms with Gasteiger partial charge in [0.25, 0.3) is 0 Å². The average molecular weight is 240 g/mol. The molecule has 1 saturated carbocycles. The van der Waals surface area contributed by atoms with Gasteiger partial charge < -0.3 is 15.4 Å². The largest absolute Gasteiger partial charge is 0.444 e. The Morgan fingerprint density at radius 2 is 2.00 bits per heavy atom. The minimum Gasteiger partial charge on any atom is -0.444 e. The van der Waals surface area contributed by atoms with E-state index in [4.69, 9.17) is 10.5 Å². The Morgan fingerprint density at radius 3 is 2.65 bits per heavy atom. The van der Waals surface area contributed by atoms with E-state index in [1.165, 1.54) is 0 Å². The van der Waals surface area contributed by atoms with Crippen molar-refractivity contribution >= 4 is 6.09 Å². The standard InChI is InChI=1S/C13H24N2O2/c1-13(2,3)17-12(16)15-5-4-9-6-10(14)8-11(15)7-9/h9-11H,4-8,14H2,1-3H3. The molecule has 3 unspecified atom stereocenters. The van der Waals surface area contributed by atoms with Crippen molar-refractivity contribution in [2.75, 3.05) is 6.54 Å². The van der Waals surface area contributed by atoms with E-state index in [1.807, 2.05) is 25.7 Å². The van der Waals surface area contributed by atoms with Crippen molar-refractivity contribution in [2.24, 2.45) is 11.7 Å². The fourth-order valence-electron chi connectivity index (χ4n) is 3.01. The van der Waals surface area contributed by atoms with E-state index in [2.05, 4.69) is 0 Å². The van der Waals surface area contributed by atoms with Gasteiger partial charge in [-0.25, -0.2) is 4.79 Å². The molecule has 2 N–H and O–H groups in total. The maximum absolute atomic E-state index is 12.1. The summed E-state index contributed by atoms with van der Waals surface area (Å²) >= 11 is 0. The van der Waals surface area contributed by atoms with Crippen molar-refractivity contribution < 1.29 is 9.53 Å². The van der Waals surface area contributed by atoms with Gasteiger partial charge in [0.2, 0.25) is 0 Å². The first-order valence-corrected chi connectivity index (χ1v) is 6.60. The summed E-state index contributed by atoms with van der Waals surface area (Å²) in [7, 11) is 0. The Balaban J connectivity index is 1.99. The number of carbonyl (C=O) groups is 1. The zero-order valence-electron chi connectivity index (χ0n) is 11.1. The van der Waals surface area contributed by atoms with Crippen LogP contribution < -0.4 is 5.73 Å². The summed E-state index contributed by atoms with van der Waals surface area (Å²) in [5.74, 6) is 0.711. The topological polar surface area (TPSA) is 55.6 Å². The number of nitrogens with two attached hydrogens (primary N) is 1. The van der Waals surface area contributed by atoms with Gasteiger partial charge in [-0.15, -0.1) is 0 Å². The van der Waals surface area contributed by atoms with E-state index in [1.54, 1.807) is 0 Å². The fourth-order valence-corrected chi connectivity index (χ4v) is 3.01. The normalized spacial score (nSPS) is 33.4. The molecule has 2 fully saturated rings. The number of ether oxygens (including phenoxy) is 1. The van der Waals surface area contributed by atoms with Crippen molar-refractivity contribution in [1.82, 2.24) is 4.90 Å². The average Bonchev–Trinajstić information content (AvgIpc) is 2.13. The second-order valence-corrected chi connectivity index (χ2v) is 6.45. The third kappa shape index (κ3) is 3.12. The van der Waals surface area contributed by atoms with Crippen LogP contribution in [0.4, 0.5) is 4.79 Å². The lowest BCUT2D eigenvalue weighted by Crippen LogP contribution is -2.53. The van der Waals surface area contributed by atoms with E-state index >= 15 is 0 Å². The molecule has 4 nitrogen and oxygen atoms in total. The number of hydrogen-bond donors (Lipinski definition) is 1. The predicted molar refractivity (Wildman–Crippen MR) is 66.7 cm³/mol. The number of piperidine rings is 1. The predicted octanol–water partition coefficient (Wildman–Crippen LogP) is 2.12. The number of amides is 1. The van der Waals surface area contributed by atoms with Crippen LogP contribution in [0.3, 0.4) is 0 Å². The molecule has 0 aromatic rings. The Kier molecular flexibility index (Phi) is 3.34. The molecule has 4 heteroatoms. The van der Waals surface area contributed by atoms with Crippen LogP contribution in [0, 0.1) is 5.92 Å². The van der Waals surface area contributed by atoms with Crippen molar-refractivity contribution in [3.05, 3.63) is 0 Å². The molecule has 1 aliphatic carbocycles. The molecule has 2 aliphatic rings. The van der Waals surface area contributed by atoms with E-state index in [-0.39, 0.29) is 12.1 Å². The molecule has 2 rings (SSSR count). The lowest BCUT2D eigenvalue weighted by molar-refractivity contribution is -0.00508. The second-order valence-electron chi connectivity index (χ2n) is 6.45. The molecule has 1 amide bonds. The summed E-state index contributed by atoms with van der Waals surface area (Å²) in [5.41, 5.74) is 5.62. The van der Waals surface area contributed by atoms with Crippen molar-refractivity contribution in [1.29, 1.82) is 0 Å². The maximum Gasteiger partial charge on any atom is 0.410 e. The number of fused-ring (bicyclic) bond motifs is 2. The van der Waals surface area contributed by atoms with Crippen LogP contribution in [0.2, 0.25) is 0 Å². The SMILES string of the molecule is CC(C)(C)OC(=O)N1CCC2CC(N)CC1C2. The summed E-state index contributed by atoms with van der Waals surface area (Å²) in [6.45, 7) is 6.55. The zero-order valence-corrected chi connectivity index (χ0v) is 11.1. The molecule has 3 atom stereocenters. The van der Waals surface area contributed by atoms with Crippen LogP contribution in [0.5, 0.6) is 0 Å². The Morgan fingerprint density at radius 1 is 1.29 bits per heavy atom. The molecule has 0 aromatic heterocycles. The van der Waals surface area contributed by atoms with Crippen molar-refractivity contribution in [2.45, 2.75) is 64.1 Å². The van der Waals surface area contributed by atoms with Gasteiger partial charge in [0.15, 0.2) is 0 Å². The number of nitrogens with zero attached hydrogens (tertiary/aromatic N) is 1. The lowest BCUT2D eigenvalue weighted by Gasteiger charge is -2.45. The molecule has 98 valence electrons. The van der Waals surface area contributed by atoms with Gasteiger partial charge in [-0.05, 0) is 52.4 Å². The minimum atomic E-state index is -0.412. The third-order valence-corrected chi connectivity index (χ3v) is 3.66. The molecule has 1 heterocycles. The fraction of sp³-hybridized carbons (Fsp3) is 0.923. The number of likely N-dealkylation sites (tertiary alicyclic amines) is 1. The molecule has 2 bridgehead atoms. The van der Waals surface area contributed by atoms with Gasteiger partial charge in [-0.3, -0.25) is 0 Å². The maximum atomic E-state index is 12.1. The minimum absolute atomic E-state index is 0.171. The highest BCUT2D eigenvalue weighted by Gasteiger charge is 2.38. The van der Waals surface area contributed by atoms with Gasteiger partial charge in [-0.1, -0.05) is 0 Å². The third-order valence-electron chi connectivity index (χ3n) is 3.66. The van der Waals surface area contributed by atoms with Crippen molar-refractivity contribution in [3.8, 4) is 0 Å². The zero-order chi connectivity index (χ0) is 12.6. The van der Waals surface area contributed by atoms with Gasteiger partial charge in [0.05, 0.1) is 0 Å². The molecule has 0 radical (unpaired) electrons. The van der Waals surface area contributed by atoms with Crippen LogP contribution in [-0.4, -0.2) is 35.2 Å². The molecule has 0 spiro atoms. The van der Waals surface area contributed by atoms with Gasteiger partial charge >= 0.3 is 6.09 Å². The van der Waals surface area contributed by atoms with E-state index < -0.39 is 5.60 Å². The monoisotopic (exact) mass is 240 g/mol. The van der Waals surface area contributed by atoms with Crippen LogP contribution in [-0.2, 0) is 4.74 Å². The van der Waals surface area contributed by atoms with Gasteiger partial charge in [0.1, 0.15) is 5.60 Å². The lowest BCUT2D eigenvalue weighted by atomic mass is 9.77. The highest BCUT2D eigenvalue weighted by atomic mass is 16.6. The molecule has 1 saturated heterocycles. The number of carbonyl (C=O) groups excluding carboxylic acids is 1. The van der Waals surface area contributed by atoms with E-state index in [0.29, 0.717) is 12.0 Å². The smallest absolute Gasteiger partial charge is 0.410 e. The highest BCUT2D eigenvalue weighted by Crippen LogP contribution is 2.34. The van der Waals surface area contributed by atoms with E-state index in [9.17, 15) is 4.79 Å². The number of hydrogen-bond acceptors (Lipinski definition) is 3.